The highest BCUT2D eigenvalue weighted by Crippen LogP contribution is 2.10. The number of hydrogen-bond acceptors (Lipinski definition) is 2. The summed E-state index contributed by atoms with van der Waals surface area (Å²) in [5.74, 6) is 0.786. The summed E-state index contributed by atoms with van der Waals surface area (Å²) in [5, 5.41) is 4.68. The van der Waals surface area contributed by atoms with Crippen LogP contribution in [0.2, 0.25) is 5.02 Å². The van der Waals surface area contributed by atoms with E-state index in [0.717, 1.165) is 12.2 Å². The Morgan fingerprint density at radius 2 is 2.21 bits per heavy atom. The first-order valence-electron chi connectivity index (χ1n) is 4.45. The highest BCUT2D eigenvalue weighted by Gasteiger charge is 1.99. The van der Waals surface area contributed by atoms with Crippen LogP contribution in [0, 0.1) is 0 Å². The predicted molar refractivity (Wildman–Crippen MR) is 55.7 cm³/mol. The highest BCUT2D eigenvalue weighted by molar-refractivity contribution is 6.30. The lowest BCUT2D eigenvalue weighted by molar-refractivity contribution is 0.843. The molecule has 2 aromatic heterocycles. The molecule has 0 aromatic carbocycles. The molecule has 0 aliphatic heterocycles. The lowest BCUT2D eigenvalue weighted by atomic mass is 10.2. The van der Waals surface area contributed by atoms with Crippen LogP contribution in [-0.4, -0.2) is 14.8 Å². The molecule has 3 nitrogen and oxygen atoms in total. The van der Waals surface area contributed by atoms with Crippen LogP contribution in [0.15, 0.2) is 30.7 Å². The zero-order valence-electron chi connectivity index (χ0n) is 7.81. The molecule has 2 rings (SSSR count). The van der Waals surface area contributed by atoms with Crippen molar-refractivity contribution in [3.05, 3.63) is 41.3 Å². The molecule has 0 aliphatic carbocycles. The molecule has 0 amide bonds. The molecular formula is C10H10ClN3. The molecule has 0 radical (unpaired) electrons. The minimum absolute atomic E-state index is 0.617. The summed E-state index contributed by atoms with van der Waals surface area (Å²) in [6, 6.07) is 3.97. The maximum absolute atomic E-state index is 5.76. The Hall–Kier alpha value is -1.35. The Balaban J connectivity index is 2.33. The van der Waals surface area contributed by atoms with Crippen LogP contribution < -0.4 is 0 Å². The second-order valence-electron chi connectivity index (χ2n) is 2.98. The first-order chi connectivity index (χ1) is 6.79. The van der Waals surface area contributed by atoms with E-state index in [0.29, 0.717) is 5.02 Å². The molecule has 72 valence electrons. The van der Waals surface area contributed by atoms with Gasteiger partial charge in [0.2, 0.25) is 0 Å². The van der Waals surface area contributed by atoms with Gasteiger partial charge < -0.3 is 0 Å². The van der Waals surface area contributed by atoms with Gasteiger partial charge in [0.05, 0.1) is 17.4 Å². The van der Waals surface area contributed by atoms with Gasteiger partial charge in [-0.25, -0.2) is 9.67 Å². The van der Waals surface area contributed by atoms with E-state index in [2.05, 4.69) is 17.0 Å². The molecule has 0 atom stereocenters. The fourth-order valence-electron chi connectivity index (χ4n) is 1.19. The van der Waals surface area contributed by atoms with Gasteiger partial charge in [0.1, 0.15) is 0 Å². The van der Waals surface area contributed by atoms with E-state index in [1.807, 2.05) is 18.3 Å². The van der Waals surface area contributed by atoms with E-state index in [-0.39, 0.29) is 0 Å². The summed E-state index contributed by atoms with van der Waals surface area (Å²) in [6.45, 7) is 2.10. The van der Waals surface area contributed by atoms with Crippen LogP contribution in [0.4, 0.5) is 0 Å². The predicted octanol–water partition coefficient (Wildman–Crippen LogP) is 2.48. The van der Waals surface area contributed by atoms with Crippen molar-refractivity contribution in [1.82, 2.24) is 14.8 Å². The van der Waals surface area contributed by atoms with E-state index < -0.39 is 0 Å². The fourth-order valence-corrected chi connectivity index (χ4v) is 1.32. The topological polar surface area (TPSA) is 30.7 Å². The van der Waals surface area contributed by atoms with E-state index in [4.69, 9.17) is 11.6 Å². The van der Waals surface area contributed by atoms with Crippen LogP contribution >= 0.6 is 11.6 Å². The molecule has 2 heterocycles. The van der Waals surface area contributed by atoms with E-state index in [9.17, 15) is 0 Å². The van der Waals surface area contributed by atoms with Gasteiger partial charge in [0, 0.05) is 6.20 Å². The third kappa shape index (κ3) is 1.77. The van der Waals surface area contributed by atoms with Gasteiger partial charge in [0.25, 0.3) is 0 Å². The Bertz CT molecular complexity index is 419. The zero-order valence-corrected chi connectivity index (χ0v) is 8.57. The summed E-state index contributed by atoms with van der Waals surface area (Å²) in [6.07, 6.45) is 6.17. The molecule has 0 unspecified atom stereocenters. The van der Waals surface area contributed by atoms with E-state index in [1.165, 1.54) is 5.56 Å². The van der Waals surface area contributed by atoms with Crippen LogP contribution in [0.1, 0.15) is 12.5 Å². The Morgan fingerprint density at radius 3 is 2.71 bits per heavy atom. The van der Waals surface area contributed by atoms with Gasteiger partial charge in [-0.15, -0.1) is 0 Å². The molecule has 0 fully saturated rings. The average Bonchev–Trinajstić information content (AvgIpc) is 2.65. The maximum Gasteiger partial charge on any atom is 0.153 e. The van der Waals surface area contributed by atoms with Gasteiger partial charge in [0.15, 0.2) is 5.82 Å². The van der Waals surface area contributed by atoms with E-state index >= 15 is 0 Å². The smallest absolute Gasteiger partial charge is 0.153 e. The third-order valence-electron chi connectivity index (χ3n) is 2.00. The van der Waals surface area contributed by atoms with Crippen molar-refractivity contribution in [1.29, 1.82) is 0 Å². The lowest BCUT2D eigenvalue weighted by Crippen LogP contribution is -1.97. The molecule has 0 saturated carbocycles. The summed E-state index contributed by atoms with van der Waals surface area (Å²) < 4.78 is 1.65. The van der Waals surface area contributed by atoms with Crippen molar-refractivity contribution >= 4 is 11.6 Å². The number of halogens is 1. The number of hydrogen-bond donors (Lipinski definition) is 0. The summed E-state index contributed by atoms with van der Waals surface area (Å²) in [5.41, 5.74) is 1.21. The number of nitrogens with zero attached hydrogens (tertiary/aromatic N) is 3. The second-order valence-corrected chi connectivity index (χ2v) is 3.42. The second kappa shape index (κ2) is 3.80. The minimum atomic E-state index is 0.617. The van der Waals surface area contributed by atoms with Gasteiger partial charge in [-0.3, -0.25) is 0 Å². The quantitative estimate of drug-likeness (QED) is 0.758. The summed E-state index contributed by atoms with van der Waals surface area (Å²) >= 11 is 5.76. The maximum atomic E-state index is 5.76. The first kappa shape index (κ1) is 9.21. The lowest BCUT2D eigenvalue weighted by Gasteiger charge is -2.00. The van der Waals surface area contributed by atoms with Crippen molar-refractivity contribution in [3.8, 4) is 5.82 Å². The van der Waals surface area contributed by atoms with Crippen LogP contribution in [-0.2, 0) is 6.42 Å². The SMILES string of the molecule is CCc1ccc(-n2cc(Cl)cn2)nc1. The molecular weight excluding hydrogens is 198 g/mol. The minimum Gasteiger partial charge on any atom is -0.237 e. The van der Waals surface area contributed by atoms with Crippen LogP contribution in [0.3, 0.4) is 0 Å². The number of pyridine rings is 1. The molecule has 0 N–H and O–H groups in total. The molecule has 14 heavy (non-hydrogen) atoms. The molecule has 0 aliphatic rings. The van der Waals surface area contributed by atoms with Gasteiger partial charge in [-0.1, -0.05) is 24.6 Å². The van der Waals surface area contributed by atoms with Crippen molar-refractivity contribution in [3.63, 3.8) is 0 Å². The van der Waals surface area contributed by atoms with Crippen molar-refractivity contribution in [2.75, 3.05) is 0 Å². The molecule has 2 aromatic rings. The third-order valence-corrected chi connectivity index (χ3v) is 2.20. The Kier molecular flexibility index (Phi) is 2.50. The summed E-state index contributed by atoms with van der Waals surface area (Å²) in [4.78, 5) is 4.27. The van der Waals surface area contributed by atoms with Crippen molar-refractivity contribution in [2.24, 2.45) is 0 Å². The van der Waals surface area contributed by atoms with Gasteiger partial charge >= 0.3 is 0 Å². The molecule has 4 heteroatoms. The highest BCUT2D eigenvalue weighted by atomic mass is 35.5. The Morgan fingerprint density at radius 1 is 1.36 bits per heavy atom. The average molecular weight is 208 g/mol. The zero-order chi connectivity index (χ0) is 9.97. The molecule has 0 saturated heterocycles. The standard InChI is InChI=1S/C10H10ClN3/c1-2-8-3-4-10(12-5-8)14-7-9(11)6-13-14/h3-7H,2H2,1H3. The Labute approximate surface area is 87.3 Å². The first-order valence-corrected chi connectivity index (χ1v) is 4.83. The molecule has 0 spiro atoms. The van der Waals surface area contributed by atoms with E-state index in [1.54, 1.807) is 17.1 Å². The largest absolute Gasteiger partial charge is 0.237 e. The monoisotopic (exact) mass is 207 g/mol. The van der Waals surface area contributed by atoms with Gasteiger partial charge in [-0.2, -0.15) is 5.10 Å². The number of aromatic nitrogens is 3. The van der Waals surface area contributed by atoms with Crippen LogP contribution in [0.5, 0.6) is 0 Å². The number of rotatable bonds is 2. The summed E-state index contributed by atoms with van der Waals surface area (Å²) in [7, 11) is 0. The van der Waals surface area contributed by atoms with Crippen LogP contribution in [0.25, 0.3) is 5.82 Å². The number of aryl methyl sites for hydroxylation is 1. The normalized spacial score (nSPS) is 10.4. The van der Waals surface area contributed by atoms with Crippen molar-refractivity contribution in [2.45, 2.75) is 13.3 Å². The molecule has 0 bridgehead atoms. The van der Waals surface area contributed by atoms with Crippen molar-refractivity contribution < 1.29 is 0 Å². The fraction of sp³-hybridized carbons (Fsp3) is 0.200. The van der Waals surface area contributed by atoms with Gasteiger partial charge in [-0.05, 0) is 18.1 Å².